The Morgan fingerprint density at radius 2 is 0.673 bits per heavy atom. The SMILES string of the molecule is c1ccc(-c2nc(-c3ccc(-n4c5ccccc5c5ccccc54)cc3)nc(-c3ccc4c5ccccc5c5ccccc5c4c3)n2)cc1. The summed E-state index contributed by atoms with van der Waals surface area (Å²) >= 11 is 0. The predicted molar refractivity (Wildman–Crippen MR) is 203 cm³/mol. The van der Waals surface area contributed by atoms with Crippen LogP contribution in [0.1, 0.15) is 0 Å². The first-order chi connectivity index (χ1) is 24.3. The third-order valence-corrected chi connectivity index (χ3v) is 9.63. The Labute approximate surface area is 282 Å². The number of aromatic nitrogens is 4. The third kappa shape index (κ3) is 4.42. The molecule has 228 valence electrons. The van der Waals surface area contributed by atoms with E-state index in [-0.39, 0.29) is 0 Å². The van der Waals surface area contributed by atoms with Gasteiger partial charge >= 0.3 is 0 Å². The molecule has 0 N–H and O–H groups in total. The fourth-order valence-corrected chi connectivity index (χ4v) is 7.36. The van der Waals surface area contributed by atoms with Crippen molar-refractivity contribution < 1.29 is 0 Å². The highest BCUT2D eigenvalue weighted by Gasteiger charge is 2.16. The van der Waals surface area contributed by atoms with Crippen LogP contribution in [0.15, 0.2) is 170 Å². The minimum atomic E-state index is 0.640. The summed E-state index contributed by atoms with van der Waals surface area (Å²) < 4.78 is 2.33. The van der Waals surface area contributed by atoms with Crippen LogP contribution in [-0.4, -0.2) is 19.5 Å². The number of rotatable bonds is 4. The number of para-hydroxylation sites is 2. The molecule has 0 saturated carbocycles. The Bertz CT molecular complexity index is 2780. The van der Waals surface area contributed by atoms with E-state index in [1.165, 1.54) is 54.1 Å². The highest BCUT2D eigenvalue weighted by molar-refractivity contribution is 6.25. The highest BCUT2D eigenvalue weighted by atomic mass is 15.0. The van der Waals surface area contributed by atoms with Gasteiger partial charge in [0.25, 0.3) is 0 Å². The minimum Gasteiger partial charge on any atom is -0.309 e. The quantitative estimate of drug-likeness (QED) is 0.183. The molecule has 0 aliphatic heterocycles. The van der Waals surface area contributed by atoms with Gasteiger partial charge in [0.05, 0.1) is 11.0 Å². The van der Waals surface area contributed by atoms with Crippen LogP contribution in [0.5, 0.6) is 0 Å². The van der Waals surface area contributed by atoms with Crippen LogP contribution in [0.25, 0.3) is 94.0 Å². The van der Waals surface area contributed by atoms with Crippen molar-refractivity contribution in [2.24, 2.45) is 0 Å². The van der Waals surface area contributed by atoms with Crippen LogP contribution in [-0.2, 0) is 0 Å². The molecule has 0 amide bonds. The summed E-state index contributed by atoms with van der Waals surface area (Å²) in [6, 6.07) is 59.7. The molecule has 4 nitrogen and oxygen atoms in total. The Hall–Kier alpha value is -6.65. The average molecular weight is 625 g/mol. The Morgan fingerprint density at radius 1 is 0.286 bits per heavy atom. The second-order valence-electron chi connectivity index (χ2n) is 12.4. The average Bonchev–Trinajstić information content (AvgIpc) is 3.52. The van der Waals surface area contributed by atoms with Crippen molar-refractivity contribution in [3.05, 3.63) is 170 Å². The van der Waals surface area contributed by atoms with Crippen molar-refractivity contribution >= 4 is 54.1 Å². The van der Waals surface area contributed by atoms with E-state index in [4.69, 9.17) is 15.0 Å². The fraction of sp³-hybridized carbons (Fsp3) is 0. The molecule has 2 heterocycles. The van der Waals surface area contributed by atoms with Crippen LogP contribution in [0.3, 0.4) is 0 Å². The molecule has 0 fully saturated rings. The normalized spacial score (nSPS) is 11.7. The Balaban J connectivity index is 1.14. The predicted octanol–water partition coefficient (Wildman–Crippen LogP) is 11.4. The van der Waals surface area contributed by atoms with Crippen LogP contribution < -0.4 is 0 Å². The summed E-state index contributed by atoms with van der Waals surface area (Å²) in [5.74, 6) is 1.94. The van der Waals surface area contributed by atoms with E-state index in [1.54, 1.807) is 0 Å². The van der Waals surface area contributed by atoms with Gasteiger partial charge in [0, 0.05) is 33.2 Å². The van der Waals surface area contributed by atoms with E-state index >= 15 is 0 Å². The van der Waals surface area contributed by atoms with E-state index in [9.17, 15) is 0 Å². The summed E-state index contributed by atoms with van der Waals surface area (Å²) in [5.41, 5.74) is 6.29. The summed E-state index contributed by atoms with van der Waals surface area (Å²) in [4.78, 5) is 15.2. The van der Waals surface area contributed by atoms with E-state index < -0.39 is 0 Å². The molecule has 0 atom stereocenters. The van der Waals surface area contributed by atoms with Gasteiger partial charge < -0.3 is 4.57 Å². The van der Waals surface area contributed by atoms with Crippen molar-refractivity contribution in [2.75, 3.05) is 0 Å². The molecule has 8 aromatic carbocycles. The zero-order valence-electron chi connectivity index (χ0n) is 26.5. The van der Waals surface area contributed by atoms with Crippen molar-refractivity contribution in [3.8, 4) is 39.9 Å². The monoisotopic (exact) mass is 624 g/mol. The van der Waals surface area contributed by atoms with Gasteiger partial charge in [-0.3, -0.25) is 0 Å². The molecule has 4 heteroatoms. The van der Waals surface area contributed by atoms with E-state index in [0.29, 0.717) is 17.5 Å². The van der Waals surface area contributed by atoms with Crippen LogP contribution >= 0.6 is 0 Å². The number of hydrogen-bond donors (Lipinski definition) is 0. The second-order valence-corrected chi connectivity index (χ2v) is 12.4. The van der Waals surface area contributed by atoms with Gasteiger partial charge in [0.15, 0.2) is 17.5 Å². The molecule has 0 aliphatic rings. The molecule has 10 aromatic rings. The van der Waals surface area contributed by atoms with Gasteiger partial charge in [-0.2, -0.15) is 0 Å². The number of fused-ring (bicyclic) bond motifs is 9. The lowest BCUT2D eigenvalue weighted by atomic mass is 9.93. The van der Waals surface area contributed by atoms with Crippen molar-refractivity contribution in [2.45, 2.75) is 0 Å². The summed E-state index contributed by atoms with van der Waals surface area (Å²) in [6.07, 6.45) is 0. The first-order valence-corrected chi connectivity index (χ1v) is 16.5. The van der Waals surface area contributed by atoms with E-state index in [1.807, 2.05) is 30.3 Å². The first kappa shape index (κ1) is 27.5. The molecule has 2 aromatic heterocycles. The molecule has 0 radical (unpaired) electrons. The Kier molecular flexibility index (Phi) is 6.15. The molecule has 49 heavy (non-hydrogen) atoms. The maximum absolute atomic E-state index is 5.11. The Morgan fingerprint density at radius 3 is 1.22 bits per heavy atom. The van der Waals surface area contributed by atoms with Gasteiger partial charge in [-0.1, -0.05) is 127 Å². The lowest BCUT2D eigenvalue weighted by Gasteiger charge is -2.13. The fourth-order valence-electron chi connectivity index (χ4n) is 7.36. The van der Waals surface area contributed by atoms with Crippen LogP contribution in [0.2, 0.25) is 0 Å². The molecule has 10 rings (SSSR count). The lowest BCUT2D eigenvalue weighted by Crippen LogP contribution is -2.00. The van der Waals surface area contributed by atoms with Gasteiger partial charge in [0.1, 0.15) is 0 Å². The number of hydrogen-bond acceptors (Lipinski definition) is 3. The zero-order valence-corrected chi connectivity index (χ0v) is 26.5. The van der Waals surface area contributed by atoms with Crippen molar-refractivity contribution in [3.63, 3.8) is 0 Å². The second kappa shape index (κ2) is 11.0. The molecule has 0 unspecified atom stereocenters. The standard InChI is InChI=1S/C45H28N4/c1-2-12-29(13-3-1)43-46-44(30-22-25-32(26-23-30)49-41-20-10-8-18-38(41)39-19-9-11-21-42(39)49)48-45(47-43)31-24-27-37-35-16-5-4-14-33(35)34-15-6-7-17-36(34)40(37)28-31/h1-28H. The van der Waals surface area contributed by atoms with Crippen molar-refractivity contribution in [1.29, 1.82) is 0 Å². The first-order valence-electron chi connectivity index (χ1n) is 16.5. The minimum absolute atomic E-state index is 0.640. The molecule has 0 aliphatic carbocycles. The van der Waals surface area contributed by atoms with Crippen LogP contribution in [0.4, 0.5) is 0 Å². The molecular formula is C45H28N4. The van der Waals surface area contributed by atoms with Crippen LogP contribution in [0, 0.1) is 0 Å². The van der Waals surface area contributed by atoms with Crippen molar-refractivity contribution in [1.82, 2.24) is 19.5 Å². The van der Waals surface area contributed by atoms with Gasteiger partial charge in [0.2, 0.25) is 0 Å². The topological polar surface area (TPSA) is 43.6 Å². The van der Waals surface area contributed by atoms with E-state index in [0.717, 1.165) is 22.4 Å². The van der Waals surface area contributed by atoms with Gasteiger partial charge in [-0.25, -0.2) is 15.0 Å². The highest BCUT2D eigenvalue weighted by Crippen LogP contribution is 2.37. The maximum atomic E-state index is 5.11. The summed E-state index contributed by atoms with van der Waals surface area (Å²) in [5, 5.41) is 9.86. The zero-order chi connectivity index (χ0) is 32.3. The van der Waals surface area contributed by atoms with E-state index in [2.05, 4.69) is 144 Å². The molecule has 0 bridgehead atoms. The number of benzene rings is 8. The van der Waals surface area contributed by atoms with Gasteiger partial charge in [-0.15, -0.1) is 0 Å². The maximum Gasteiger partial charge on any atom is 0.164 e. The number of nitrogens with zero attached hydrogens (tertiary/aromatic N) is 4. The summed E-state index contributed by atoms with van der Waals surface area (Å²) in [7, 11) is 0. The van der Waals surface area contributed by atoms with Gasteiger partial charge in [-0.05, 0) is 74.8 Å². The third-order valence-electron chi connectivity index (χ3n) is 9.63. The molecule has 0 spiro atoms. The molecular weight excluding hydrogens is 597 g/mol. The smallest absolute Gasteiger partial charge is 0.164 e. The largest absolute Gasteiger partial charge is 0.309 e. The lowest BCUT2D eigenvalue weighted by molar-refractivity contribution is 1.07. The summed E-state index contributed by atoms with van der Waals surface area (Å²) in [6.45, 7) is 0. The molecule has 0 saturated heterocycles.